The van der Waals surface area contributed by atoms with Gasteiger partial charge in [0, 0.05) is 23.9 Å². The molecule has 1 aromatic heterocycles. The Hall–Kier alpha value is -4.31. The fraction of sp³-hybridized carbons (Fsp3) is 0.179. The molecule has 0 saturated carbocycles. The molecule has 202 valence electrons. The molecule has 0 aliphatic heterocycles. The van der Waals surface area contributed by atoms with Crippen molar-refractivity contribution < 1.29 is 27.9 Å². The third kappa shape index (κ3) is 5.75. The first-order valence-electron chi connectivity index (χ1n) is 11.8. The van der Waals surface area contributed by atoms with E-state index < -0.39 is 36.1 Å². The lowest BCUT2D eigenvalue weighted by molar-refractivity contribution is -0.138. The molecule has 0 aliphatic carbocycles. The van der Waals surface area contributed by atoms with Crippen molar-refractivity contribution in [1.82, 2.24) is 14.7 Å². The maximum absolute atomic E-state index is 13.8. The van der Waals surface area contributed by atoms with Crippen molar-refractivity contribution in [2.45, 2.75) is 25.6 Å². The molecule has 4 rings (SSSR count). The number of alkyl halides is 3. The summed E-state index contributed by atoms with van der Waals surface area (Å²) in [4.78, 5) is 27.0. The Balaban J connectivity index is 1.84. The number of nitrogens with two attached hydrogens (primary N) is 1. The summed E-state index contributed by atoms with van der Waals surface area (Å²) in [5.41, 5.74) is 7.37. The summed E-state index contributed by atoms with van der Waals surface area (Å²) in [5, 5.41) is 14.6. The number of carboxylic acids is 1. The summed E-state index contributed by atoms with van der Waals surface area (Å²) in [5.74, 6) is -1.79. The highest BCUT2D eigenvalue weighted by molar-refractivity contribution is 6.32. The van der Waals surface area contributed by atoms with Gasteiger partial charge in [-0.05, 0) is 48.9 Å². The van der Waals surface area contributed by atoms with E-state index in [9.17, 15) is 27.9 Å². The summed E-state index contributed by atoms with van der Waals surface area (Å²) in [6, 6.07) is 17.3. The van der Waals surface area contributed by atoms with Crippen LogP contribution in [-0.2, 0) is 17.4 Å². The second-order valence-electron chi connectivity index (χ2n) is 8.94. The Bertz CT molecular complexity index is 1520. The highest BCUT2D eigenvalue weighted by Crippen LogP contribution is 2.35. The number of benzene rings is 3. The normalized spacial score (nSPS) is 12.3. The number of nitrogen functional groups attached to an aromatic ring is 1. The van der Waals surface area contributed by atoms with Gasteiger partial charge in [0.25, 0.3) is 5.91 Å². The molecule has 3 aromatic carbocycles. The lowest BCUT2D eigenvalue weighted by Gasteiger charge is -2.25. The molecule has 0 spiro atoms. The Labute approximate surface area is 227 Å². The van der Waals surface area contributed by atoms with E-state index in [1.54, 1.807) is 55.5 Å². The lowest BCUT2D eigenvalue weighted by Crippen LogP contribution is -2.31. The molecule has 0 bridgehead atoms. The van der Waals surface area contributed by atoms with Gasteiger partial charge in [0.05, 0.1) is 34.4 Å². The van der Waals surface area contributed by atoms with Crippen LogP contribution in [0.2, 0.25) is 5.02 Å². The minimum Gasteiger partial charge on any atom is -0.481 e. The summed E-state index contributed by atoms with van der Waals surface area (Å²) < 4.78 is 40.5. The van der Waals surface area contributed by atoms with Gasteiger partial charge in [-0.2, -0.15) is 18.3 Å². The molecule has 0 radical (unpaired) electrons. The van der Waals surface area contributed by atoms with E-state index in [4.69, 9.17) is 17.3 Å². The summed E-state index contributed by atoms with van der Waals surface area (Å²) in [6.45, 7) is 1.66. The maximum Gasteiger partial charge on any atom is 0.416 e. The third-order valence-corrected chi connectivity index (χ3v) is 6.72. The number of nitrogens with zero attached hydrogens (tertiary/aromatic N) is 3. The monoisotopic (exact) mass is 556 g/mol. The molecule has 3 N–H and O–H groups in total. The van der Waals surface area contributed by atoms with Crippen molar-refractivity contribution in [2.75, 3.05) is 12.8 Å². The molecule has 0 saturated heterocycles. The average molecular weight is 557 g/mol. The van der Waals surface area contributed by atoms with Crippen molar-refractivity contribution in [2.24, 2.45) is 0 Å². The number of carboxylic acid groups (broad SMARTS) is 1. The number of amides is 1. The Morgan fingerprint density at radius 3 is 2.23 bits per heavy atom. The van der Waals surface area contributed by atoms with E-state index in [-0.39, 0.29) is 11.3 Å². The fourth-order valence-electron chi connectivity index (χ4n) is 4.19. The van der Waals surface area contributed by atoms with Gasteiger partial charge in [0.15, 0.2) is 5.69 Å². The molecule has 7 nitrogen and oxygen atoms in total. The van der Waals surface area contributed by atoms with Crippen LogP contribution in [0.3, 0.4) is 0 Å². The first kappa shape index (κ1) is 27.7. The largest absolute Gasteiger partial charge is 0.481 e. The highest BCUT2D eigenvalue weighted by Gasteiger charge is 2.32. The molecular weight excluding hydrogens is 533 g/mol. The van der Waals surface area contributed by atoms with Gasteiger partial charge < -0.3 is 15.7 Å². The predicted molar refractivity (Wildman–Crippen MR) is 142 cm³/mol. The number of aromatic nitrogens is 2. The summed E-state index contributed by atoms with van der Waals surface area (Å²) >= 11 is 6.46. The van der Waals surface area contributed by atoms with Gasteiger partial charge in [0.1, 0.15) is 0 Å². The number of para-hydroxylation sites is 1. The number of hydrogen-bond donors (Lipinski definition) is 2. The maximum atomic E-state index is 13.8. The van der Waals surface area contributed by atoms with E-state index >= 15 is 0 Å². The smallest absolute Gasteiger partial charge is 0.416 e. The van der Waals surface area contributed by atoms with Crippen LogP contribution in [0.5, 0.6) is 0 Å². The van der Waals surface area contributed by atoms with Gasteiger partial charge >= 0.3 is 12.1 Å². The van der Waals surface area contributed by atoms with Crippen molar-refractivity contribution in [3.63, 3.8) is 0 Å². The number of anilines is 1. The zero-order chi connectivity index (χ0) is 28.5. The van der Waals surface area contributed by atoms with E-state index in [0.717, 1.165) is 12.1 Å². The number of rotatable bonds is 7. The molecule has 1 atom stereocenters. The zero-order valence-electron chi connectivity index (χ0n) is 20.9. The van der Waals surface area contributed by atoms with Gasteiger partial charge in [-0.1, -0.05) is 48.0 Å². The van der Waals surface area contributed by atoms with Crippen LogP contribution in [0.25, 0.3) is 16.9 Å². The van der Waals surface area contributed by atoms with Crippen molar-refractivity contribution in [3.8, 4) is 16.9 Å². The minimum absolute atomic E-state index is 0.120. The lowest BCUT2D eigenvalue weighted by atomic mass is 10.0. The van der Waals surface area contributed by atoms with Crippen molar-refractivity contribution >= 4 is 29.2 Å². The van der Waals surface area contributed by atoms with E-state index in [1.807, 2.05) is 0 Å². The van der Waals surface area contributed by atoms with Crippen molar-refractivity contribution in [1.29, 1.82) is 0 Å². The molecular formula is C28H24ClF3N4O3. The summed E-state index contributed by atoms with van der Waals surface area (Å²) in [7, 11) is 1.48. The first-order valence-corrected chi connectivity index (χ1v) is 12.1. The second kappa shape index (κ2) is 10.8. The van der Waals surface area contributed by atoms with Crippen LogP contribution in [0, 0.1) is 0 Å². The van der Waals surface area contributed by atoms with Crippen molar-refractivity contribution in [3.05, 3.63) is 100 Å². The van der Waals surface area contributed by atoms with Crippen LogP contribution >= 0.6 is 11.6 Å². The molecule has 0 unspecified atom stereocenters. The van der Waals surface area contributed by atoms with Gasteiger partial charge in [0.2, 0.25) is 0 Å². The van der Waals surface area contributed by atoms with Gasteiger partial charge in [-0.15, -0.1) is 0 Å². The average Bonchev–Trinajstić information content (AvgIpc) is 3.25. The number of carbonyl (C=O) groups excluding carboxylic acids is 1. The van der Waals surface area contributed by atoms with Gasteiger partial charge in [-0.3, -0.25) is 9.59 Å². The fourth-order valence-corrected chi connectivity index (χ4v) is 4.41. The summed E-state index contributed by atoms with van der Waals surface area (Å²) in [6.07, 6.45) is -5.01. The number of hydrogen-bond acceptors (Lipinski definition) is 4. The number of aliphatic carboxylic acids is 1. The van der Waals surface area contributed by atoms with Crippen LogP contribution in [-0.4, -0.2) is 38.7 Å². The number of carbonyl (C=O) groups is 2. The Morgan fingerprint density at radius 2 is 1.67 bits per heavy atom. The minimum atomic E-state index is -4.49. The molecule has 39 heavy (non-hydrogen) atoms. The Kier molecular flexibility index (Phi) is 7.69. The zero-order valence-corrected chi connectivity index (χ0v) is 21.7. The van der Waals surface area contributed by atoms with Crippen LogP contribution in [0.4, 0.5) is 18.9 Å². The van der Waals surface area contributed by atoms with Crippen LogP contribution < -0.4 is 5.73 Å². The highest BCUT2D eigenvalue weighted by atomic mass is 35.5. The van der Waals surface area contributed by atoms with Crippen LogP contribution in [0.15, 0.2) is 72.8 Å². The van der Waals surface area contributed by atoms with E-state index in [0.29, 0.717) is 33.2 Å². The van der Waals surface area contributed by atoms with Gasteiger partial charge in [-0.25, -0.2) is 4.68 Å². The van der Waals surface area contributed by atoms with Crippen LogP contribution in [0.1, 0.15) is 40.1 Å². The van der Waals surface area contributed by atoms with E-state index in [2.05, 4.69) is 5.10 Å². The molecule has 0 fully saturated rings. The SMILES string of the molecule is C[C@H](c1ccc(C(F)(F)F)cc1)N(C)C(=O)c1nn(-c2ccccc2Cl)c(-c2ccc(N)cc2)c1CC(=O)O. The topological polar surface area (TPSA) is 101 Å². The second-order valence-corrected chi connectivity index (χ2v) is 9.35. The predicted octanol–water partition coefficient (Wildman–Crippen LogP) is 6.25. The molecule has 4 aromatic rings. The molecule has 1 amide bonds. The number of halogens is 4. The third-order valence-electron chi connectivity index (χ3n) is 6.40. The standard InChI is InChI=1S/C28H24ClF3N4O3/c1-16(17-7-11-19(12-8-17)28(30,31)32)35(2)27(39)25-21(15-24(37)38)26(18-9-13-20(33)14-10-18)36(34-25)23-6-4-3-5-22(23)29/h3-14,16H,15,33H2,1-2H3,(H,37,38)/t16-/m1/s1. The Morgan fingerprint density at radius 1 is 1.05 bits per heavy atom. The molecule has 11 heteroatoms. The molecule has 0 aliphatic rings. The quantitative estimate of drug-likeness (QED) is 0.262. The first-order chi connectivity index (χ1) is 18.4. The molecule has 1 heterocycles. The van der Waals surface area contributed by atoms with E-state index in [1.165, 1.54) is 28.8 Å².